The van der Waals surface area contributed by atoms with Gasteiger partial charge in [0.1, 0.15) is 11.8 Å². The number of nitrogens with zero attached hydrogens (tertiary/aromatic N) is 1. The van der Waals surface area contributed by atoms with Crippen LogP contribution < -0.4 is 10.1 Å². The van der Waals surface area contributed by atoms with E-state index in [1.165, 1.54) is 47.6 Å². The number of rotatable bonds is 6. The Bertz CT molecular complexity index is 1090. The highest BCUT2D eigenvalue weighted by Crippen LogP contribution is 2.38. The van der Waals surface area contributed by atoms with E-state index >= 15 is 0 Å². The third-order valence-corrected chi connectivity index (χ3v) is 7.31. The zero-order valence-electron chi connectivity index (χ0n) is 17.2. The maximum absolute atomic E-state index is 12.8. The van der Waals surface area contributed by atoms with Crippen molar-refractivity contribution in [2.24, 2.45) is 0 Å². The summed E-state index contributed by atoms with van der Waals surface area (Å²) in [5, 5.41) is 2.77. The van der Waals surface area contributed by atoms with E-state index in [4.69, 9.17) is 11.6 Å². The summed E-state index contributed by atoms with van der Waals surface area (Å²) >= 11 is 6.31. The van der Waals surface area contributed by atoms with Crippen LogP contribution in [0.15, 0.2) is 42.5 Å². The molecule has 0 saturated carbocycles. The number of alkyl halides is 3. The standard InChI is InChI=1S/C21H22ClF3N2O4S/c1-2-32(29,30)27-12-6-5-8-18(27)20(28)26-14-10-11-15(17(22)13-14)16-7-3-4-9-19(16)31-21(23,24)25/h3-4,7,9-11,13,18H,2,5-6,8,12H2,1H3,(H,26,28). The molecule has 1 aliphatic heterocycles. The molecule has 0 aromatic heterocycles. The normalized spacial score (nSPS) is 17.7. The smallest absolute Gasteiger partial charge is 0.405 e. The Hall–Kier alpha value is -2.30. The minimum absolute atomic E-state index is 0.0997. The van der Waals surface area contributed by atoms with Gasteiger partial charge in [-0.2, -0.15) is 4.31 Å². The monoisotopic (exact) mass is 490 g/mol. The summed E-state index contributed by atoms with van der Waals surface area (Å²) < 4.78 is 68.1. The first-order valence-electron chi connectivity index (χ1n) is 9.97. The predicted molar refractivity (Wildman–Crippen MR) is 116 cm³/mol. The number of benzene rings is 2. The average Bonchev–Trinajstić information content (AvgIpc) is 2.73. The second kappa shape index (κ2) is 9.68. The Morgan fingerprint density at radius 2 is 1.91 bits per heavy atom. The number of halogens is 4. The first kappa shape index (κ1) is 24.3. The van der Waals surface area contributed by atoms with E-state index in [2.05, 4.69) is 10.1 Å². The topological polar surface area (TPSA) is 75.7 Å². The second-order valence-electron chi connectivity index (χ2n) is 7.25. The highest BCUT2D eigenvalue weighted by atomic mass is 35.5. The van der Waals surface area contributed by atoms with Crippen LogP contribution in [0.25, 0.3) is 11.1 Å². The minimum Gasteiger partial charge on any atom is -0.405 e. The van der Waals surface area contributed by atoms with Crippen LogP contribution in [-0.4, -0.2) is 43.3 Å². The zero-order valence-corrected chi connectivity index (χ0v) is 18.7. The number of amides is 1. The molecule has 0 aliphatic carbocycles. The van der Waals surface area contributed by atoms with Crippen molar-refractivity contribution in [3.05, 3.63) is 47.5 Å². The van der Waals surface area contributed by atoms with Gasteiger partial charge in [0.25, 0.3) is 0 Å². The van der Waals surface area contributed by atoms with Crippen LogP contribution in [0.1, 0.15) is 26.2 Å². The molecule has 6 nitrogen and oxygen atoms in total. The van der Waals surface area contributed by atoms with Gasteiger partial charge in [0, 0.05) is 23.4 Å². The largest absolute Gasteiger partial charge is 0.573 e. The number of hydrogen-bond acceptors (Lipinski definition) is 4. The van der Waals surface area contributed by atoms with Crippen molar-refractivity contribution < 1.29 is 31.1 Å². The van der Waals surface area contributed by atoms with Crippen LogP contribution >= 0.6 is 11.6 Å². The molecular weight excluding hydrogens is 469 g/mol. The molecule has 3 rings (SSSR count). The van der Waals surface area contributed by atoms with Crippen LogP contribution in [-0.2, 0) is 14.8 Å². The fraction of sp³-hybridized carbons (Fsp3) is 0.381. The number of para-hydroxylation sites is 1. The quantitative estimate of drug-likeness (QED) is 0.615. The number of carbonyl (C=O) groups is 1. The summed E-state index contributed by atoms with van der Waals surface area (Å²) in [5.74, 6) is -0.982. The summed E-state index contributed by atoms with van der Waals surface area (Å²) in [6.45, 7) is 1.81. The first-order chi connectivity index (χ1) is 15.0. The van der Waals surface area contributed by atoms with Gasteiger partial charge >= 0.3 is 6.36 Å². The molecule has 1 unspecified atom stereocenters. The third kappa shape index (κ3) is 5.73. The minimum atomic E-state index is -4.86. The predicted octanol–water partition coefficient (Wildman–Crippen LogP) is 5.05. The van der Waals surface area contributed by atoms with Crippen molar-refractivity contribution in [3.63, 3.8) is 0 Å². The van der Waals surface area contributed by atoms with E-state index in [1.54, 1.807) is 6.07 Å². The van der Waals surface area contributed by atoms with Crippen molar-refractivity contribution in [2.75, 3.05) is 17.6 Å². The van der Waals surface area contributed by atoms with E-state index in [0.29, 0.717) is 18.5 Å². The molecule has 1 N–H and O–H groups in total. The summed E-state index contributed by atoms with van der Waals surface area (Å²) in [4.78, 5) is 12.8. The van der Waals surface area contributed by atoms with E-state index in [0.717, 1.165) is 6.42 Å². The molecule has 0 radical (unpaired) electrons. The molecule has 1 fully saturated rings. The molecule has 0 spiro atoms. The van der Waals surface area contributed by atoms with Crippen LogP contribution in [0.4, 0.5) is 18.9 Å². The molecule has 174 valence electrons. The lowest BCUT2D eigenvalue weighted by molar-refractivity contribution is -0.274. The molecule has 1 amide bonds. The molecule has 1 heterocycles. The highest BCUT2D eigenvalue weighted by Gasteiger charge is 2.36. The summed E-state index contributed by atoms with van der Waals surface area (Å²) in [6, 6.07) is 9.12. The Labute approximate surface area is 189 Å². The third-order valence-electron chi connectivity index (χ3n) is 5.12. The number of ether oxygens (including phenoxy) is 1. The molecule has 1 saturated heterocycles. The van der Waals surface area contributed by atoms with Crippen LogP contribution in [0.5, 0.6) is 5.75 Å². The van der Waals surface area contributed by atoms with Crippen molar-refractivity contribution in [3.8, 4) is 16.9 Å². The molecule has 32 heavy (non-hydrogen) atoms. The van der Waals surface area contributed by atoms with Gasteiger partial charge in [-0.1, -0.05) is 42.3 Å². The van der Waals surface area contributed by atoms with Crippen molar-refractivity contribution in [1.82, 2.24) is 4.31 Å². The fourth-order valence-corrected chi connectivity index (χ4v) is 5.22. The lowest BCUT2D eigenvalue weighted by atomic mass is 10.0. The SMILES string of the molecule is CCS(=O)(=O)N1CCCCC1C(=O)Nc1ccc(-c2ccccc2OC(F)(F)F)c(Cl)c1. The maximum Gasteiger partial charge on any atom is 0.573 e. The number of hydrogen-bond donors (Lipinski definition) is 1. The van der Waals surface area contributed by atoms with Crippen molar-refractivity contribution in [1.29, 1.82) is 0 Å². The summed E-state index contributed by atoms with van der Waals surface area (Å²) in [5.41, 5.74) is 0.731. The first-order valence-corrected chi connectivity index (χ1v) is 12.0. The fourth-order valence-electron chi connectivity index (χ4n) is 3.61. The number of nitrogens with one attached hydrogen (secondary N) is 1. The van der Waals surface area contributed by atoms with Gasteiger partial charge in [0.15, 0.2) is 0 Å². The van der Waals surface area contributed by atoms with E-state index in [9.17, 15) is 26.4 Å². The molecule has 11 heteroatoms. The Morgan fingerprint density at radius 1 is 1.19 bits per heavy atom. The molecule has 0 bridgehead atoms. The molecule has 1 aliphatic rings. The number of piperidine rings is 1. The van der Waals surface area contributed by atoms with E-state index in [1.807, 2.05) is 0 Å². The van der Waals surface area contributed by atoms with Gasteiger partial charge in [0.05, 0.1) is 10.8 Å². The van der Waals surface area contributed by atoms with E-state index in [-0.39, 0.29) is 28.4 Å². The molecule has 2 aromatic carbocycles. The van der Waals surface area contributed by atoms with Crippen molar-refractivity contribution >= 4 is 33.2 Å². The highest BCUT2D eigenvalue weighted by molar-refractivity contribution is 7.89. The Morgan fingerprint density at radius 3 is 2.56 bits per heavy atom. The molecule has 1 atom stereocenters. The lowest BCUT2D eigenvalue weighted by Crippen LogP contribution is -2.50. The Kier molecular flexibility index (Phi) is 7.36. The zero-order chi connectivity index (χ0) is 23.5. The van der Waals surface area contributed by atoms with E-state index < -0.39 is 34.1 Å². The summed E-state index contributed by atoms with van der Waals surface area (Å²) in [6.07, 6.45) is -3.05. The van der Waals surface area contributed by atoms with Crippen LogP contribution in [0.3, 0.4) is 0 Å². The average molecular weight is 491 g/mol. The van der Waals surface area contributed by atoms with Gasteiger partial charge < -0.3 is 10.1 Å². The van der Waals surface area contributed by atoms with Crippen LogP contribution in [0.2, 0.25) is 5.02 Å². The van der Waals surface area contributed by atoms with Gasteiger partial charge in [-0.3, -0.25) is 4.79 Å². The van der Waals surface area contributed by atoms with Gasteiger partial charge in [-0.25, -0.2) is 8.42 Å². The van der Waals surface area contributed by atoms with Gasteiger partial charge in [-0.05, 0) is 38.0 Å². The number of carbonyl (C=O) groups excluding carboxylic acids is 1. The van der Waals surface area contributed by atoms with Gasteiger partial charge in [0.2, 0.25) is 15.9 Å². The number of sulfonamides is 1. The Balaban J connectivity index is 1.83. The molecule has 2 aromatic rings. The molecular formula is C21H22ClF3N2O4S. The van der Waals surface area contributed by atoms with Crippen LogP contribution in [0, 0.1) is 0 Å². The maximum atomic E-state index is 12.8. The van der Waals surface area contributed by atoms with Crippen molar-refractivity contribution in [2.45, 2.75) is 38.6 Å². The number of anilines is 1. The summed E-state index contributed by atoms with van der Waals surface area (Å²) in [7, 11) is -3.54. The lowest BCUT2D eigenvalue weighted by Gasteiger charge is -2.33. The second-order valence-corrected chi connectivity index (χ2v) is 9.87. The van der Waals surface area contributed by atoms with Gasteiger partial charge in [-0.15, -0.1) is 13.2 Å².